The third kappa shape index (κ3) is 3.74. The van der Waals surface area contributed by atoms with E-state index in [0.717, 1.165) is 21.8 Å². The van der Waals surface area contributed by atoms with E-state index in [-0.39, 0.29) is 23.6 Å². The van der Waals surface area contributed by atoms with Crippen LogP contribution in [0.25, 0.3) is 10.4 Å². The lowest BCUT2D eigenvalue weighted by atomic mass is 9.77. The van der Waals surface area contributed by atoms with Crippen LogP contribution in [0.3, 0.4) is 0 Å². The van der Waals surface area contributed by atoms with E-state index in [4.69, 9.17) is 9.47 Å². The standard InChI is InChI=1S/C23H29N3O6S/c1-7-13-20-25(9-24-13)8-14(33-20)15-11(2)17-16(12(3)27)19(28)26(17)18(15)21(29)31-10-32-22(30)23(4,5)6/h8-9,11-12,16-17,27H,7,10H2,1-6H3/t11-,12+,16+,17?/m0/s1. The molecular formula is C23H29N3O6S. The first-order valence-corrected chi connectivity index (χ1v) is 11.8. The van der Waals surface area contributed by atoms with Gasteiger partial charge in [-0.1, -0.05) is 13.8 Å². The lowest BCUT2D eigenvalue weighted by molar-refractivity contribution is -0.175. The first-order chi connectivity index (χ1) is 15.5. The lowest BCUT2D eigenvalue weighted by Crippen LogP contribution is -2.63. The van der Waals surface area contributed by atoms with Crippen molar-refractivity contribution in [3.8, 4) is 0 Å². The molecule has 2 aromatic rings. The van der Waals surface area contributed by atoms with Crippen LogP contribution in [0.2, 0.25) is 0 Å². The number of hydrogen-bond donors (Lipinski definition) is 1. The van der Waals surface area contributed by atoms with Crippen LogP contribution >= 0.6 is 11.3 Å². The average molecular weight is 476 g/mol. The molecule has 1 fully saturated rings. The van der Waals surface area contributed by atoms with Gasteiger partial charge < -0.3 is 19.5 Å². The van der Waals surface area contributed by atoms with Crippen LogP contribution in [-0.4, -0.2) is 56.2 Å². The molecule has 10 heteroatoms. The van der Waals surface area contributed by atoms with E-state index in [0.29, 0.717) is 5.57 Å². The molecule has 2 aliphatic rings. The van der Waals surface area contributed by atoms with Crippen molar-refractivity contribution in [2.24, 2.45) is 17.3 Å². The van der Waals surface area contributed by atoms with Crippen molar-refractivity contribution in [2.45, 2.75) is 60.1 Å². The molecule has 178 valence electrons. The van der Waals surface area contributed by atoms with Crippen LogP contribution in [0.5, 0.6) is 0 Å². The van der Waals surface area contributed by atoms with Gasteiger partial charge in [-0.3, -0.25) is 14.0 Å². The van der Waals surface area contributed by atoms with Crippen LogP contribution in [-0.2, 0) is 30.3 Å². The number of aliphatic hydroxyl groups is 1. The van der Waals surface area contributed by atoms with Crippen LogP contribution in [0, 0.1) is 17.3 Å². The number of hydrogen-bond acceptors (Lipinski definition) is 8. The van der Waals surface area contributed by atoms with Crippen molar-refractivity contribution < 1.29 is 29.0 Å². The topological polar surface area (TPSA) is 110 Å². The van der Waals surface area contributed by atoms with Crippen LogP contribution < -0.4 is 0 Å². The van der Waals surface area contributed by atoms with Gasteiger partial charge in [0, 0.05) is 17.7 Å². The number of thiazole rings is 1. The second kappa shape index (κ2) is 8.25. The van der Waals surface area contributed by atoms with Crippen molar-refractivity contribution in [1.29, 1.82) is 0 Å². The number of fused-ring (bicyclic) bond motifs is 2. The molecule has 0 radical (unpaired) electrons. The third-order valence-electron chi connectivity index (χ3n) is 6.24. The fourth-order valence-corrected chi connectivity index (χ4v) is 5.81. The number of nitrogens with zero attached hydrogens (tertiary/aromatic N) is 3. The number of carbonyl (C=O) groups excluding carboxylic acids is 3. The first-order valence-electron chi connectivity index (χ1n) is 11.0. The molecule has 9 nitrogen and oxygen atoms in total. The van der Waals surface area contributed by atoms with Gasteiger partial charge in [0.25, 0.3) is 0 Å². The number of esters is 2. The van der Waals surface area contributed by atoms with E-state index < -0.39 is 36.2 Å². The lowest BCUT2D eigenvalue weighted by Gasteiger charge is -2.46. The minimum absolute atomic E-state index is 0.150. The Morgan fingerprint density at radius 3 is 2.61 bits per heavy atom. The summed E-state index contributed by atoms with van der Waals surface area (Å²) in [6.45, 7) is 10.1. The maximum absolute atomic E-state index is 13.2. The largest absolute Gasteiger partial charge is 0.427 e. The zero-order valence-corrected chi connectivity index (χ0v) is 20.4. The summed E-state index contributed by atoms with van der Waals surface area (Å²) in [7, 11) is 0. The summed E-state index contributed by atoms with van der Waals surface area (Å²) in [6, 6.07) is -0.336. The highest BCUT2D eigenvalue weighted by Crippen LogP contribution is 2.51. The number of aromatic nitrogens is 2. The molecule has 0 aliphatic carbocycles. The highest BCUT2D eigenvalue weighted by atomic mass is 32.1. The quantitative estimate of drug-likeness (QED) is 0.388. The molecule has 1 amide bonds. The van der Waals surface area contributed by atoms with Crippen molar-refractivity contribution in [3.05, 3.63) is 28.8 Å². The zero-order chi connectivity index (χ0) is 24.2. The molecule has 2 aromatic heterocycles. The highest BCUT2D eigenvalue weighted by molar-refractivity contribution is 7.18. The molecule has 2 aliphatic heterocycles. The number of ether oxygens (including phenoxy) is 2. The average Bonchev–Trinajstić information content (AvgIpc) is 3.36. The van der Waals surface area contributed by atoms with E-state index in [1.54, 1.807) is 34.0 Å². The molecule has 4 heterocycles. The van der Waals surface area contributed by atoms with Gasteiger partial charge in [0.05, 0.1) is 34.0 Å². The second-order valence-electron chi connectivity index (χ2n) is 9.60. The zero-order valence-electron chi connectivity index (χ0n) is 19.6. The molecule has 0 aromatic carbocycles. The van der Waals surface area contributed by atoms with Crippen LogP contribution in [0.4, 0.5) is 0 Å². The van der Waals surface area contributed by atoms with Crippen molar-refractivity contribution in [2.75, 3.05) is 6.79 Å². The van der Waals surface area contributed by atoms with E-state index in [9.17, 15) is 19.5 Å². The predicted octanol–water partition coefficient (Wildman–Crippen LogP) is 2.62. The highest BCUT2D eigenvalue weighted by Gasteiger charge is 2.60. The first kappa shape index (κ1) is 23.4. The fraction of sp³-hybridized carbons (Fsp3) is 0.565. The minimum Gasteiger partial charge on any atom is -0.427 e. The number of carbonyl (C=O) groups is 3. The van der Waals surface area contributed by atoms with Gasteiger partial charge in [0.1, 0.15) is 16.9 Å². The van der Waals surface area contributed by atoms with Gasteiger partial charge >= 0.3 is 11.9 Å². The second-order valence-corrected chi connectivity index (χ2v) is 10.6. The Bertz CT molecular complexity index is 1150. The summed E-state index contributed by atoms with van der Waals surface area (Å²) in [6.07, 6.45) is 3.58. The van der Waals surface area contributed by atoms with E-state index in [2.05, 4.69) is 4.98 Å². The SMILES string of the molecule is CCc1ncn2cc(C3=C(C(=O)OCOC(=O)C(C)(C)C)N4C(=O)[C@H]([C@@H](C)O)C4[C@H]3C)sc12. The minimum atomic E-state index is -0.833. The smallest absolute Gasteiger partial charge is 0.358 e. The summed E-state index contributed by atoms with van der Waals surface area (Å²) in [5.74, 6) is -2.31. The molecule has 0 spiro atoms. The third-order valence-corrected chi connectivity index (χ3v) is 7.43. The number of aliphatic hydroxyl groups excluding tert-OH is 1. The molecule has 33 heavy (non-hydrogen) atoms. The number of imidazole rings is 1. The monoisotopic (exact) mass is 475 g/mol. The number of β-lactam (4-membered cyclic amide) rings is 1. The fourth-order valence-electron chi connectivity index (χ4n) is 4.52. The summed E-state index contributed by atoms with van der Waals surface area (Å²) < 4.78 is 12.3. The summed E-state index contributed by atoms with van der Waals surface area (Å²) in [5, 5.41) is 10.2. The Morgan fingerprint density at radius 1 is 1.30 bits per heavy atom. The van der Waals surface area contributed by atoms with E-state index in [1.165, 1.54) is 16.2 Å². The van der Waals surface area contributed by atoms with E-state index in [1.807, 2.05) is 24.4 Å². The van der Waals surface area contributed by atoms with Gasteiger partial charge in [-0.25, -0.2) is 9.78 Å². The van der Waals surface area contributed by atoms with Gasteiger partial charge in [0.15, 0.2) is 0 Å². The van der Waals surface area contributed by atoms with E-state index >= 15 is 0 Å². The van der Waals surface area contributed by atoms with Gasteiger partial charge in [-0.15, -0.1) is 11.3 Å². The van der Waals surface area contributed by atoms with Gasteiger partial charge in [0.2, 0.25) is 12.7 Å². The molecule has 1 saturated heterocycles. The normalized spacial score (nSPS) is 23.5. The molecule has 1 N–H and O–H groups in total. The van der Waals surface area contributed by atoms with Crippen LogP contribution in [0.15, 0.2) is 18.2 Å². The van der Waals surface area contributed by atoms with Crippen molar-refractivity contribution in [3.63, 3.8) is 0 Å². The Hall–Kier alpha value is -2.72. The van der Waals surface area contributed by atoms with Gasteiger partial charge in [-0.2, -0.15) is 0 Å². The Morgan fingerprint density at radius 2 is 2.00 bits per heavy atom. The van der Waals surface area contributed by atoms with Crippen molar-refractivity contribution >= 4 is 39.6 Å². The van der Waals surface area contributed by atoms with Crippen LogP contribution in [0.1, 0.15) is 52.1 Å². The maximum atomic E-state index is 13.2. The summed E-state index contributed by atoms with van der Waals surface area (Å²) >= 11 is 1.50. The Kier molecular flexibility index (Phi) is 5.86. The molecule has 4 rings (SSSR count). The predicted molar refractivity (Wildman–Crippen MR) is 121 cm³/mol. The van der Waals surface area contributed by atoms with Gasteiger partial charge in [-0.05, 0) is 34.1 Å². The number of rotatable bonds is 6. The maximum Gasteiger partial charge on any atom is 0.358 e. The van der Waals surface area contributed by atoms with Crippen molar-refractivity contribution in [1.82, 2.24) is 14.3 Å². The molecule has 4 atom stereocenters. The molecule has 1 unspecified atom stereocenters. The molecular weight excluding hydrogens is 446 g/mol. The summed E-state index contributed by atoms with van der Waals surface area (Å²) in [4.78, 5) is 45.7. The number of amides is 1. The molecule has 0 bridgehead atoms. The Balaban J connectivity index is 1.69. The summed E-state index contributed by atoms with van der Waals surface area (Å²) in [5.41, 5.74) is 1.07. The Labute approximate surface area is 196 Å². The molecule has 0 saturated carbocycles. The number of aryl methyl sites for hydroxylation is 1.